The third kappa shape index (κ3) is 4.25. The normalized spacial score (nSPS) is 24.9. The number of aromatic nitrogens is 2. The molecule has 0 radical (unpaired) electrons. The third-order valence-electron chi connectivity index (χ3n) is 5.34. The van der Waals surface area contributed by atoms with Gasteiger partial charge in [-0.2, -0.15) is 13.2 Å². The standard InChI is InChI=1S/C17H25F3N4O2/c1-3-11-8-22-15(23-9-11)24(2)10-12-4-6-16(7-5-12,14(25)26)13(21)17(18,19)20/h8-9,12-13H,3-7,10,21H2,1-2H3,(H,25,26). The van der Waals surface area contributed by atoms with Crippen LogP contribution in [0, 0.1) is 11.3 Å². The first-order valence-electron chi connectivity index (χ1n) is 8.68. The highest BCUT2D eigenvalue weighted by molar-refractivity contribution is 5.76. The Morgan fingerprint density at radius 2 is 1.92 bits per heavy atom. The Morgan fingerprint density at radius 3 is 2.35 bits per heavy atom. The Hall–Kier alpha value is -1.90. The summed E-state index contributed by atoms with van der Waals surface area (Å²) in [6.45, 7) is 2.56. The molecule has 146 valence electrons. The molecule has 1 heterocycles. The van der Waals surface area contributed by atoms with E-state index in [4.69, 9.17) is 5.73 Å². The summed E-state index contributed by atoms with van der Waals surface area (Å²) in [6, 6.07) is -2.35. The molecule has 3 N–H and O–H groups in total. The highest BCUT2D eigenvalue weighted by Crippen LogP contribution is 2.45. The Labute approximate surface area is 150 Å². The number of halogens is 3. The van der Waals surface area contributed by atoms with Gasteiger partial charge in [0.15, 0.2) is 0 Å². The van der Waals surface area contributed by atoms with Crippen LogP contribution in [0.25, 0.3) is 0 Å². The molecular weight excluding hydrogens is 349 g/mol. The van der Waals surface area contributed by atoms with Gasteiger partial charge in [0, 0.05) is 26.0 Å². The summed E-state index contributed by atoms with van der Waals surface area (Å²) in [5.74, 6) is -0.848. The molecular formula is C17H25F3N4O2. The quantitative estimate of drug-likeness (QED) is 0.795. The summed E-state index contributed by atoms with van der Waals surface area (Å²) < 4.78 is 39.0. The molecule has 2 rings (SSSR count). The van der Waals surface area contributed by atoms with E-state index in [1.165, 1.54) is 0 Å². The molecule has 1 unspecified atom stereocenters. The van der Waals surface area contributed by atoms with Gasteiger partial charge in [-0.25, -0.2) is 9.97 Å². The van der Waals surface area contributed by atoms with Gasteiger partial charge >= 0.3 is 12.1 Å². The van der Waals surface area contributed by atoms with Crippen molar-refractivity contribution in [2.45, 2.75) is 51.2 Å². The number of carboxylic acids is 1. The zero-order chi connectivity index (χ0) is 19.5. The molecule has 1 aromatic rings. The molecule has 0 bridgehead atoms. The summed E-state index contributed by atoms with van der Waals surface area (Å²) in [5.41, 5.74) is 4.37. The minimum absolute atomic E-state index is 0.0716. The molecule has 1 fully saturated rings. The van der Waals surface area contributed by atoms with Crippen molar-refractivity contribution in [3.8, 4) is 0 Å². The first kappa shape index (κ1) is 20.4. The number of nitrogens with two attached hydrogens (primary N) is 1. The van der Waals surface area contributed by atoms with Gasteiger partial charge in [0.25, 0.3) is 0 Å². The average Bonchev–Trinajstić information content (AvgIpc) is 2.61. The predicted octanol–water partition coefficient (Wildman–Crippen LogP) is 2.63. The summed E-state index contributed by atoms with van der Waals surface area (Å²) in [4.78, 5) is 22.0. The van der Waals surface area contributed by atoms with Crippen molar-refractivity contribution in [3.05, 3.63) is 18.0 Å². The summed E-state index contributed by atoms with van der Waals surface area (Å²) in [6.07, 6.45) is 0.171. The van der Waals surface area contributed by atoms with Crippen LogP contribution in [0.3, 0.4) is 0 Å². The second-order valence-corrected chi connectivity index (χ2v) is 7.05. The highest BCUT2D eigenvalue weighted by Gasteiger charge is 2.56. The van der Waals surface area contributed by atoms with Gasteiger partial charge in [-0.1, -0.05) is 6.92 Å². The number of anilines is 1. The third-order valence-corrected chi connectivity index (χ3v) is 5.34. The van der Waals surface area contributed by atoms with Crippen molar-refractivity contribution in [1.82, 2.24) is 9.97 Å². The van der Waals surface area contributed by atoms with Crippen LogP contribution in [0.5, 0.6) is 0 Å². The summed E-state index contributed by atoms with van der Waals surface area (Å²) in [5, 5.41) is 9.41. The molecule has 0 amide bonds. The second-order valence-electron chi connectivity index (χ2n) is 7.05. The van der Waals surface area contributed by atoms with Gasteiger partial charge in [0.1, 0.15) is 6.04 Å². The van der Waals surface area contributed by atoms with E-state index < -0.39 is 23.6 Å². The minimum Gasteiger partial charge on any atom is -0.481 e. The van der Waals surface area contributed by atoms with Crippen LogP contribution >= 0.6 is 0 Å². The monoisotopic (exact) mass is 374 g/mol. The van der Waals surface area contributed by atoms with Crippen LogP contribution < -0.4 is 10.6 Å². The fourth-order valence-corrected chi connectivity index (χ4v) is 3.54. The van der Waals surface area contributed by atoms with Gasteiger partial charge in [-0.3, -0.25) is 4.79 Å². The van der Waals surface area contributed by atoms with Crippen molar-refractivity contribution in [2.75, 3.05) is 18.5 Å². The van der Waals surface area contributed by atoms with E-state index in [1.54, 1.807) is 12.4 Å². The fraction of sp³-hybridized carbons (Fsp3) is 0.706. The Balaban J connectivity index is 2.00. The lowest BCUT2D eigenvalue weighted by atomic mass is 9.66. The maximum Gasteiger partial charge on any atom is 0.404 e. The maximum atomic E-state index is 13.0. The molecule has 26 heavy (non-hydrogen) atoms. The fourth-order valence-electron chi connectivity index (χ4n) is 3.54. The number of alkyl halides is 3. The zero-order valence-corrected chi connectivity index (χ0v) is 15.0. The number of carbonyl (C=O) groups is 1. The predicted molar refractivity (Wildman–Crippen MR) is 90.7 cm³/mol. The number of aryl methyl sites for hydroxylation is 1. The molecule has 1 aliphatic carbocycles. The van der Waals surface area contributed by atoms with E-state index in [9.17, 15) is 23.1 Å². The largest absolute Gasteiger partial charge is 0.481 e. The number of rotatable bonds is 6. The Morgan fingerprint density at radius 1 is 1.38 bits per heavy atom. The van der Waals surface area contributed by atoms with E-state index in [2.05, 4.69) is 9.97 Å². The van der Waals surface area contributed by atoms with Gasteiger partial charge in [0.05, 0.1) is 5.41 Å². The van der Waals surface area contributed by atoms with Crippen LogP contribution in [0.4, 0.5) is 19.1 Å². The number of carboxylic acid groups (broad SMARTS) is 1. The lowest BCUT2D eigenvalue weighted by molar-refractivity contribution is -0.194. The first-order valence-corrected chi connectivity index (χ1v) is 8.68. The lowest BCUT2D eigenvalue weighted by Gasteiger charge is -2.41. The van der Waals surface area contributed by atoms with Crippen molar-refractivity contribution < 1.29 is 23.1 Å². The lowest BCUT2D eigenvalue weighted by Crippen LogP contribution is -2.57. The number of hydrogen-bond donors (Lipinski definition) is 2. The Kier molecular flexibility index (Phi) is 6.10. The molecule has 1 atom stereocenters. The maximum absolute atomic E-state index is 13.0. The highest BCUT2D eigenvalue weighted by atomic mass is 19.4. The average molecular weight is 374 g/mol. The zero-order valence-electron chi connectivity index (χ0n) is 15.0. The van der Waals surface area contributed by atoms with E-state index >= 15 is 0 Å². The van der Waals surface area contributed by atoms with Crippen LogP contribution in [0.1, 0.15) is 38.2 Å². The summed E-state index contributed by atoms with van der Waals surface area (Å²) in [7, 11) is 1.82. The van der Waals surface area contributed by atoms with Gasteiger partial charge in [-0.15, -0.1) is 0 Å². The van der Waals surface area contributed by atoms with Crippen molar-refractivity contribution in [1.29, 1.82) is 0 Å². The van der Waals surface area contributed by atoms with Gasteiger partial charge in [0.2, 0.25) is 5.95 Å². The smallest absolute Gasteiger partial charge is 0.404 e. The van der Waals surface area contributed by atoms with E-state index in [1.807, 2.05) is 18.9 Å². The van der Waals surface area contributed by atoms with Gasteiger partial charge < -0.3 is 15.7 Å². The molecule has 1 saturated carbocycles. The van der Waals surface area contributed by atoms with Crippen LogP contribution in [-0.2, 0) is 11.2 Å². The van der Waals surface area contributed by atoms with Crippen molar-refractivity contribution >= 4 is 11.9 Å². The summed E-state index contributed by atoms with van der Waals surface area (Å²) >= 11 is 0. The van der Waals surface area contributed by atoms with Crippen LogP contribution in [-0.4, -0.2) is 46.9 Å². The molecule has 0 aliphatic heterocycles. The Bertz CT molecular complexity index is 613. The molecule has 0 saturated heterocycles. The molecule has 1 aromatic heterocycles. The van der Waals surface area contributed by atoms with Gasteiger partial charge in [-0.05, 0) is 43.6 Å². The van der Waals surface area contributed by atoms with Crippen molar-refractivity contribution in [3.63, 3.8) is 0 Å². The number of hydrogen-bond acceptors (Lipinski definition) is 5. The number of aliphatic carboxylic acids is 1. The van der Waals surface area contributed by atoms with E-state index in [0.29, 0.717) is 25.3 Å². The molecule has 9 heteroatoms. The first-order chi connectivity index (χ1) is 12.1. The molecule has 1 aliphatic rings. The molecule has 0 aromatic carbocycles. The van der Waals surface area contributed by atoms with Crippen molar-refractivity contribution in [2.24, 2.45) is 17.1 Å². The van der Waals surface area contributed by atoms with E-state index in [-0.39, 0.29) is 18.8 Å². The molecule has 0 spiro atoms. The minimum atomic E-state index is -4.73. The van der Waals surface area contributed by atoms with E-state index in [0.717, 1.165) is 12.0 Å². The number of nitrogens with zero attached hydrogens (tertiary/aromatic N) is 3. The second kappa shape index (κ2) is 7.77. The molecule has 6 nitrogen and oxygen atoms in total. The topological polar surface area (TPSA) is 92.3 Å². The van der Waals surface area contributed by atoms with Crippen LogP contribution in [0.15, 0.2) is 12.4 Å². The SMILES string of the molecule is CCc1cnc(N(C)CC2CCC(C(=O)O)(C(N)C(F)(F)F)CC2)nc1. The van der Waals surface area contributed by atoms with Crippen LogP contribution in [0.2, 0.25) is 0 Å².